The minimum atomic E-state index is -0.140. The molecule has 3 rings (SSSR count). The van der Waals surface area contributed by atoms with Crippen LogP contribution in [0.2, 0.25) is 0 Å². The van der Waals surface area contributed by atoms with Gasteiger partial charge in [-0.15, -0.1) is 0 Å². The Morgan fingerprint density at radius 1 is 1.29 bits per heavy atom. The molecule has 2 aliphatic rings. The van der Waals surface area contributed by atoms with E-state index in [1.54, 1.807) is 6.07 Å². The first-order valence-electron chi connectivity index (χ1n) is 7.18. The molecular formula is C17H20FN3. The second kappa shape index (κ2) is 5.37. The van der Waals surface area contributed by atoms with E-state index in [-0.39, 0.29) is 11.9 Å². The lowest BCUT2D eigenvalue weighted by Gasteiger charge is -2.41. The maximum atomic E-state index is 13.9. The molecule has 21 heavy (non-hydrogen) atoms. The van der Waals surface area contributed by atoms with Gasteiger partial charge < -0.3 is 10.6 Å². The molecule has 1 atom stereocenters. The summed E-state index contributed by atoms with van der Waals surface area (Å²) in [6.07, 6.45) is 3.97. The van der Waals surface area contributed by atoms with Crippen LogP contribution in [0.3, 0.4) is 0 Å². The van der Waals surface area contributed by atoms with Crippen LogP contribution in [0.1, 0.15) is 18.5 Å². The smallest absolute Gasteiger partial charge is 0.127 e. The second-order valence-corrected chi connectivity index (χ2v) is 5.61. The van der Waals surface area contributed by atoms with Crippen molar-refractivity contribution in [1.29, 1.82) is 0 Å². The summed E-state index contributed by atoms with van der Waals surface area (Å²) in [6, 6.07) is 7.04. The number of allylic oxidation sites excluding steroid dienone is 1. The van der Waals surface area contributed by atoms with Crippen molar-refractivity contribution < 1.29 is 4.39 Å². The molecule has 1 aromatic carbocycles. The lowest BCUT2D eigenvalue weighted by Crippen LogP contribution is -2.44. The highest BCUT2D eigenvalue weighted by Gasteiger charge is 2.27. The Kier molecular flexibility index (Phi) is 3.55. The molecular weight excluding hydrogens is 265 g/mol. The standard InChI is InChI=1S/C17H20FN3/c1-12-9-14-10-20(7-8-21(14)11-17(12)19)13(2)15-5-3-4-6-16(15)18/h3-6,9,11,13H,1,7-8,10,19H2,2H3. The van der Waals surface area contributed by atoms with Crippen molar-refractivity contribution in [2.45, 2.75) is 13.0 Å². The lowest BCUT2D eigenvalue weighted by atomic mass is 10.0. The molecule has 1 unspecified atom stereocenters. The fourth-order valence-corrected chi connectivity index (χ4v) is 2.91. The largest absolute Gasteiger partial charge is 0.397 e. The zero-order valence-electron chi connectivity index (χ0n) is 12.2. The van der Waals surface area contributed by atoms with Gasteiger partial charge in [0.15, 0.2) is 0 Å². The molecule has 0 spiro atoms. The van der Waals surface area contributed by atoms with Crippen molar-refractivity contribution in [3.05, 3.63) is 71.5 Å². The first kappa shape index (κ1) is 13.9. The van der Waals surface area contributed by atoms with Gasteiger partial charge in [-0.3, -0.25) is 4.90 Å². The molecule has 3 nitrogen and oxygen atoms in total. The van der Waals surface area contributed by atoms with Gasteiger partial charge in [0.05, 0.1) is 5.70 Å². The highest BCUT2D eigenvalue weighted by atomic mass is 19.1. The number of fused-ring (bicyclic) bond motifs is 1. The summed E-state index contributed by atoms with van der Waals surface area (Å²) in [5.74, 6) is -0.140. The van der Waals surface area contributed by atoms with E-state index >= 15 is 0 Å². The Hall–Kier alpha value is -2.07. The molecule has 1 aromatic rings. The summed E-state index contributed by atoms with van der Waals surface area (Å²) < 4.78 is 13.9. The van der Waals surface area contributed by atoms with Gasteiger partial charge in [0.25, 0.3) is 0 Å². The molecule has 2 aliphatic heterocycles. The van der Waals surface area contributed by atoms with Crippen LogP contribution in [0.25, 0.3) is 0 Å². The first-order valence-corrected chi connectivity index (χ1v) is 7.18. The van der Waals surface area contributed by atoms with Gasteiger partial charge in [-0.25, -0.2) is 4.39 Å². The Morgan fingerprint density at radius 3 is 2.81 bits per heavy atom. The highest BCUT2D eigenvalue weighted by molar-refractivity contribution is 5.42. The normalized spacial score (nSPS) is 20.7. The summed E-state index contributed by atoms with van der Waals surface area (Å²) in [5, 5.41) is 0. The molecule has 110 valence electrons. The molecule has 0 aliphatic carbocycles. The van der Waals surface area contributed by atoms with Crippen molar-refractivity contribution in [3.8, 4) is 0 Å². The van der Waals surface area contributed by atoms with E-state index in [1.807, 2.05) is 24.4 Å². The number of nitrogens with zero attached hydrogens (tertiary/aromatic N) is 2. The molecule has 1 fully saturated rings. The predicted octanol–water partition coefficient (Wildman–Crippen LogP) is 2.76. The van der Waals surface area contributed by atoms with E-state index < -0.39 is 0 Å². The topological polar surface area (TPSA) is 32.5 Å². The van der Waals surface area contributed by atoms with Crippen LogP contribution in [0, 0.1) is 5.82 Å². The van der Waals surface area contributed by atoms with Crippen molar-refractivity contribution >= 4 is 0 Å². The average Bonchev–Trinajstić information content (AvgIpc) is 2.48. The van der Waals surface area contributed by atoms with E-state index in [0.717, 1.165) is 30.8 Å². The van der Waals surface area contributed by atoms with Crippen LogP contribution >= 0.6 is 0 Å². The van der Waals surface area contributed by atoms with Crippen LogP contribution in [0.15, 0.2) is 60.1 Å². The monoisotopic (exact) mass is 285 g/mol. The van der Waals surface area contributed by atoms with Crippen LogP contribution in [-0.2, 0) is 0 Å². The van der Waals surface area contributed by atoms with Gasteiger partial charge in [-0.05, 0) is 24.6 Å². The van der Waals surface area contributed by atoms with Crippen LogP contribution in [-0.4, -0.2) is 29.4 Å². The maximum Gasteiger partial charge on any atom is 0.127 e. The van der Waals surface area contributed by atoms with Crippen molar-refractivity contribution in [1.82, 2.24) is 9.80 Å². The number of nitrogens with two attached hydrogens (primary N) is 1. The first-order chi connectivity index (χ1) is 10.1. The number of rotatable bonds is 2. The van der Waals surface area contributed by atoms with Gasteiger partial charge in [0.2, 0.25) is 0 Å². The third-order valence-corrected chi connectivity index (χ3v) is 4.27. The molecule has 0 amide bonds. The van der Waals surface area contributed by atoms with Crippen molar-refractivity contribution in [2.24, 2.45) is 5.73 Å². The molecule has 0 bridgehead atoms. The molecule has 0 aromatic heterocycles. The van der Waals surface area contributed by atoms with E-state index in [2.05, 4.69) is 23.3 Å². The molecule has 2 N–H and O–H groups in total. The zero-order valence-corrected chi connectivity index (χ0v) is 12.2. The Bertz CT molecular complexity index is 633. The van der Waals surface area contributed by atoms with Crippen molar-refractivity contribution in [2.75, 3.05) is 19.6 Å². The number of halogens is 1. The molecule has 4 heteroatoms. The van der Waals surface area contributed by atoms with Crippen LogP contribution in [0.5, 0.6) is 0 Å². The molecule has 0 saturated carbocycles. The van der Waals surface area contributed by atoms with Gasteiger partial charge in [0.1, 0.15) is 5.82 Å². The van der Waals surface area contributed by atoms with E-state index in [9.17, 15) is 4.39 Å². The van der Waals surface area contributed by atoms with Gasteiger partial charge in [0, 0.05) is 43.1 Å². The highest BCUT2D eigenvalue weighted by Crippen LogP contribution is 2.29. The van der Waals surface area contributed by atoms with E-state index in [4.69, 9.17) is 5.73 Å². The van der Waals surface area contributed by atoms with Crippen LogP contribution < -0.4 is 5.73 Å². The number of hydrogen-bond donors (Lipinski definition) is 1. The third kappa shape index (κ3) is 2.59. The van der Waals surface area contributed by atoms with Gasteiger partial charge in [-0.1, -0.05) is 24.8 Å². The quantitative estimate of drug-likeness (QED) is 0.907. The summed E-state index contributed by atoms with van der Waals surface area (Å²) in [5.41, 5.74) is 9.39. The minimum Gasteiger partial charge on any atom is -0.397 e. The molecule has 0 radical (unpaired) electrons. The summed E-state index contributed by atoms with van der Waals surface area (Å²) in [7, 11) is 0. The van der Waals surface area contributed by atoms with Crippen LogP contribution in [0.4, 0.5) is 4.39 Å². The zero-order chi connectivity index (χ0) is 15.0. The second-order valence-electron chi connectivity index (χ2n) is 5.61. The van der Waals surface area contributed by atoms with E-state index in [0.29, 0.717) is 5.70 Å². The Morgan fingerprint density at radius 2 is 2.05 bits per heavy atom. The summed E-state index contributed by atoms with van der Waals surface area (Å²) in [4.78, 5) is 4.44. The maximum absolute atomic E-state index is 13.9. The predicted molar refractivity (Wildman–Crippen MR) is 82.6 cm³/mol. The lowest BCUT2D eigenvalue weighted by molar-refractivity contribution is 0.159. The summed E-state index contributed by atoms with van der Waals surface area (Å²) >= 11 is 0. The number of hydrogen-bond acceptors (Lipinski definition) is 3. The molecule has 1 saturated heterocycles. The van der Waals surface area contributed by atoms with E-state index in [1.165, 1.54) is 11.8 Å². The Balaban J connectivity index is 1.79. The van der Waals surface area contributed by atoms with Gasteiger partial charge in [-0.2, -0.15) is 0 Å². The summed E-state index contributed by atoms with van der Waals surface area (Å²) in [6.45, 7) is 8.52. The fourth-order valence-electron chi connectivity index (χ4n) is 2.91. The van der Waals surface area contributed by atoms with Crippen molar-refractivity contribution in [3.63, 3.8) is 0 Å². The third-order valence-electron chi connectivity index (χ3n) is 4.27. The number of piperazine rings is 1. The average molecular weight is 285 g/mol. The van der Waals surface area contributed by atoms with Gasteiger partial charge >= 0.3 is 0 Å². The molecule has 2 heterocycles. The number of benzene rings is 1. The fraction of sp³-hybridized carbons (Fsp3) is 0.294. The Labute approximate surface area is 124 Å². The SMILES string of the molecule is C=C1C=C2CN(C(C)c3ccccc3F)CCN2C=C1N. The minimum absolute atomic E-state index is 0.0470.